The number of carbonyl (C=O) groups is 1. The molecule has 4 rings (SSSR count). The minimum atomic E-state index is -0.453. The highest BCUT2D eigenvalue weighted by Crippen LogP contribution is 2.21. The normalized spacial score (nSPS) is 26.7. The Labute approximate surface area is 129 Å². The van der Waals surface area contributed by atoms with Crippen molar-refractivity contribution in [2.24, 2.45) is 0 Å². The quantitative estimate of drug-likeness (QED) is 0.652. The van der Waals surface area contributed by atoms with E-state index in [1.807, 2.05) is 0 Å². The van der Waals surface area contributed by atoms with Crippen molar-refractivity contribution >= 4 is 11.6 Å². The van der Waals surface area contributed by atoms with Crippen molar-refractivity contribution in [1.82, 2.24) is 15.1 Å². The molecular formula is C15H20N4O3. The van der Waals surface area contributed by atoms with Crippen LogP contribution in [0.4, 0.5) is 5.69 Å². The van der Waals surface area contributed by atoms with Crippen LogP contribution in [0, 0.1) is 17.0 Å². The summed E-state index contributed by atoms with van der Waals surface area (Å²) in [4.78, 5) is 27.6. The van der Waals surface area contributed by atoms with Gasteiger partial charge in [-0.15, -0.1) is 0 Å². The average Bonchev–Trinajstić information content (AvgIpc) is 2.53. The van der Waals surface area contributed by atoms with Crippen molar-refractivity contribution < 1.29 is 9.72 Å². The molecule has 3 fully saturated rings. The summed E-state index contributed by atoms with van der Waals surface area (Å²) in [6, 6.07) is 4.95. The van der Waals surface area contributed by atoms with Gasteiger partial charge in [0.05, 0.1) is 4.92 Å². The minimum absolute atomic E-state index is 0.0146. The van der Waals surface area contributed by atoms with Crippen LogP contribution in [0.25, 0.3) is 0 Å². The number of benzene rings is 1. The maximum Gasteiger partial charge on any atom is 0.273 e. The highest BCUT2D eigenvalue weighted by atomic mass is 16.6. The molecule has 7 heteroatoms. The Kier molecular flexibility index (Phi) is 4.08. The topological polar surface area (TPSA) is 78.7 Å². The maximum atomic E-state index is 12.3. The zero-order chi connectivity index (χ0) is 15.7. The van der Waals surface area contributed by atoms with Gasteiger partial charge in [-0.1, -0.05) is 6.07 Å². The monoisotopic (exact) mass is 304 g/mol. The van der Waals surface area contributed by atoms with Gasteiger partial charge in [-0.05, 0) is 13.0 Å². The van der Waals surface area contributed by atoms with Crippen LogP contribution < -0.4 is 5.32 Å². The molecule has 3 aliphatic rings. The number of nitro groups is 1. The first-order chi connectivity index (χ1) is 10.6. The number of fused-ring (bicyclic) bond motifs is 3. The third-order valence-electron chi connectivity index (χ3n) is 4.64. The van der Waals surface area contributed by atoms with Crippen LogP contribution in [0.1, 0.15) is 15.9 Å². The lowest BCUT2D eigenvalue weighted by molar-refractivity contribution is -0.385. The Morgan fingerprint density at radius 3 is 2.68 bits per heavy atom. The van der Waals surface area contributed by atoms with Gasteiger partial charge in [0, 0.05) is 62.5 Å². The molecule has 0 radical (unpaired) electrons. The molecule has 2 bridgehead atoms. The van der Waals surface area contributed by atoms with Crippen LogP contribution in [0.5, 0.6) is 0 Å². The van der Waals surface area contributed by atoms with Gasteiger partial charge in [0.15, 0.2) is 0 Å². The predicted octanol–water partition coefficient (Wildman–Crippen LogP) is 0.633. The fraction of sp³-hybridized carbons (Fsp3) is 0.533. The maximum absolute atomic E-state index is 12.3. The fourth-order valence-electron chi connectivity index (χ4n) is 3.29. The van der Waals surface area contributed by atoms with Crippen LogP contribution in [-0.4, -0.2) is 65.9 Å². The number of carbonyl (C=O) groups excluding carboxylic acids is 1. The lowest BCUT2D eigenvalue weighted by Gasteiger charge is -2.47. The molecule has 1 aromatic carbocycles. The van der Waals surface area contributed by atoms with E-state index >= 15 is 0 Å². The first-order valence-electron chi connectivity index (χ1n) is 7.55. The lowest BCUT2D eigenvalue weighted by Crippen LogP contribution is -2.63. The Bertz CT molecular complexity index is 596. The molecule has 0 aliphatic carbocycles. The van der Waals surface area contributed by atoms with E-state index in [1.165, 1.54) is 6.07 Å². The van der Waals surface area contributed by atoms with E-state index in [9.17, 15) is 14.9 Å². The third kappa shape index (κ3) is 2.82. The van der Waals surface area contributed by atoms with Crippen LogP contribution >= 0.6 is 0 Å². The van der Waals surface area contributed by atoms with Crippen molar-refractivity contribution in [3.63, 3.8) is 0 Å². The van der Waals surface area contributed by atoms with Crippen molar-refractivity contribution in [3.8, 4) is 0 Å². The molecule has 3 aliphatic heterocycles. The third-order valence-corrected chi connectivity index (χ3v) is 4.64. The largest absolute Gasteiger partial charge is 0.350 e. The summed E-state index contributed by atoms with van der Waals surface area (Å²) >= 11 is 0. The summed E-state index contributed by atoms with van der Waals surface area (Å²) in [5, 5.41) is 13.9. The molecular weight excluding hydrogens is 284 g/mol. The molecule has 1 amide bonds. The molecule has 22 heavy (non-hydrogen) atoms. The van der Waals surface area contributed by atoms with E-state index in [4.69, 9.17) is 0 Å². The number of hydrogen-bond acceptors (Lipinski definition) is 5. The first kappa shape index (κ1) is 14.9. The van der Waals surface area contributed by atoms with E-state index in [0.717, 1.165) is 32.7 Å². The van der Waals surface area contributed by atoms with Crippen molar-refractivity contribution in [3.05, 3.63) is 39.4 Å². The Hall–Kier alpha value is -1.99. The van der Waals surface area contributed by atoms with Crippen LogP contribution in [0.3, 0.4) is 0 Å². The smallest absolute Gasteiger partial charge is 0.273 e. The molecule has 7 nitrogen and oxygen atoms in total. The molecule has 3 heterocycles. The molecule has 1 aromatic rings. The summed E-state index contributed by atoms with van der Waals surface area (Å²) in [6.45, 7) is 7.49. The van der Waals surface area contributed by atoms with E-state index in [0.29, 0.717) is 23.7 Å². The minimum Gasteiger partial charge on any atom is -0.350 e. The van der Waals surface area contributed by atoms with Gasteiger partial charge < -0.3 is 5.32 Å². The van der Waals surface area contributed by atoms with Crippen molar-refractivity contribution in [2.75, 3.05) is 39.3 Å². The predicted molar refractivity (Wildman–Crippen MR) is 82.0 cm³/mol. The molecule has 0 saturated carbocycles. The van der Waals surface area contributed by atoms with Gasteiger partial charge in [-0.25, -0.2) is 0 Å². The lowest BCUT2D eigenvalue weighted by atomic mass is 10.1. The number of amides is 1. The average molecular weight is 304 g/mol. The van der Waals surface area contributed by atoms with Gasteiger partial charge in [-0.3, -0.25) is 24.7 Å². The number of rotatable bonds is 4. The highest BCUT2D eigenvalue weighted by Gasteiger charge is 2.32. The molecule has 3 saturated heterocycles. The number of nitro benzene ring substituents is 1. The molecule has 1 unspecified atom stereocenters. The van der Waals surface area contributed by atoms with Gasteiger partial charge in [0.1, 0.15) is 0 Å². The number of nitrogens with zero attached hydrogens (tertiary/aromatic N) is 3. The highest BCUT2D eigenvalue weighted by molar-refractivity contribution is 5.96. The first-order valence-corrected chi connectivity index (χ1v) is 7.55. The molecule has 0 aromatic heterocycles. The summed E-state index contributed by atoms with van der Waals surface area (Å²) in [5.41, 5.74) is 0.781. The molecule has 1 atom stereocenters. The SMILES string of the molecule is Cc1c(C(=O)NCC2CN3CCN2CC3)cccc1[N+](=O)[O-]. The second kappa shape index (κ2) is 6.02. The number of nitrogens with one attached hydrogen (secondary N) is 1. The zero-order valence-electron chi connectivity index (χ0n) is 12.6. The van der Waals surface area contributed by atoms with E-state index in [-0.39, 0.29) is 11.6 Å². The van der Waals surface area contributed by atoms with Gasteiger partial charge in [0.2, 0.25) is 0 Å². The molecule has 1 N–H and O–H groups in total. The molecule has 0 spiro atoms. The standard InChI is InChI=1S/C15H20N4O3/c1-11-13(3-2-4-14(11)19(21)22)15(20)16-9-12-10-17-5-7-18(12)8-6-17/h2-4,12H,5-10H2,1H3,(H,16,20). The fourth-order valence-corrected chi connectivity index (χ4v) is 3.29. The number of hydrogen-bond donors (Lipinski definition) is 1. The van der Waals surface area contributed by atoms with Crippen LogP contribution in [0.2, 0.25) is 0 Å². The van der Waals surface area contributed by atoms with Gasteiger partial charge in [-0.2, -0.15) is 0 Å². The van der Waals surface area contributed by atoms with Crippen molar-refractivity contribution in [2.45, 2.75) is 13.0 Å². The summed E-state index contributed by atoms with van der Waals surface area (Å²) in [5.74, 6) is -0.237. The summed E-state index contributed by atoms with van der Waals surface area (Å²) in [7, 11) is 0. The van der Waals surface area contributed by atoms with Crippen LogP contribution in [-0.2, 0) is 0 Å². The van der Waals surface area contributed by atoms with Crippen LogP contribution in [0.15, 0.2) is 18.2 Å². The second-order valence-electron chi connectivity index (χ2n) is 5.91. The van der Waals surface area contributed by atoms with Gasteiger partial charge in [0.25, 0.3) is 11.6 Å². The molecule has 118 valence electrons. The number of piperazine rings is 3. The second-order valence-corrected chi connectivity index (χ2v) is 5.91. The van der Waals surface area contributed by atoms with Gasteiger partial charge >= 0.3 is 0 Å². The van der Waals surface area contributed by atoms with E-state index in [2.05, 4.69) is 15.1 Å². The Morgan fingerprint density at radius 2 is 2.09 bits per heavy atom. The Morgan fingerprint density at radius 1 is 1.36 bits per heavy atom. The van der Waals surface area contributed by atoms with Crippen molar-refractivity contribution in [1.29, 1.82) is 0 Å². The zero-order valence-corrected chi connectivity index (χ0v) is 12.6. The summed E-state index contributed by atoms with van der Waals surface area (Å²) < 4.78 is 0. The van der Waals surface area contributed by atoms with E-state index in [1.54, 1.807) is 19.1 Å². The Balaban J connectivity index is 1.65. The summed E-state index contributed by atoms with van der Waals surface area (Å²) in [6.07, 6.45) is 0. The van der Waals surface area contributed by atoms with E-state index < -0.39 is 4.92 Å².